The standard InChI is InChI=1S/C22H29NO3/c1-15(2)14-20(17-10-12-18(25-5)13-11-17)23-22(24)19-8-6-7-9-21(19)26-16(3)4/h6-13,15-16,20H,14H2,1-5H3,(H,23,24). The highest BCUT2D eigenvalue weighted by atomic mass is 16.5. The number of ether oxygens (including phenoxy) is 2. The normalized spacial score (nSPS) is 12.1. The molecule has 1 unspecified atom stereocenters. The molecule has 0 aliphatic rings. The van der Waals surface area contributed by atoms with Crippen LogP contribution in [0.5, 0.6) is 11.5 Å². The number of rotatable bonds is 8. The Kier molecular flexibility index (Phi) is 7.07. The molecule has 0 aromatic heterocycles. The van der Waals surface area contributed by atoms with Crippen LogP contribution in [0.15, 0.2) is 48.5 Å². The number of carbonyl (C=O) groups is 1. The Labute approximate surface area is 156 Å². The van der Waals surface area contributed by atoms with Crippen LogP contribution in [-0.2, 0) is 0 Å². The molecule has 0 spiro atoms. The molecule has 0 saturated carbocycles. The predicted molar refractivity (Wildman–Crippen MR) is 105 cm³/mol. The van der Waals surface area contributed by atoms with E-state index in [4.69, 9.17) is 9.47 Å². The molecule has 1 N–H and O–H groups in total. The van der Waals surface area contributed by atoms with E-state index in [1.165, 1.54) is 0 Å². The van der Waals surface area contributed by atoms with E-state index in [0.29, 0.717) is 17.2 Å². The minimum Gasteiger partial charge on any atom is -0.497 e. The van der Waals surface area contributed by atoms with Crippen LogP contribution in [0.3, 0.4) is 0 Å². The predicted octanol–water partition coefficient (Wildman–Crippen LogP) is 5.00. The third-order valence-corrected chi connectivity index (χ3v) is 4.02. The lowest BCUT2D eigenvalue weighted by Crippen LogP contribution is -2.30. The van der Waals surface area contributed by atoms with Gasteiger partial charge in [0, 0.05) is 0 Å². The molecule has 0 radical (unpaired) electrons. The van der Waals surface area contributed by atoms with Gasteiger partial charge in [0.05, 0.1) is 24.8 Å². The second kappa shape index (κ2) is 9.27. The molecular weight excluding hydrogens is 326 g/mol. The van der Waals surface area contributed by atoms with Crippen LogP contribution in [0.4, 0.5) is 0 Å². The van der Waals surface area contributed by atoms with E-state index < -0.39 is 0 Å². The van der Waals surface area contributed by atoms with Crippen molar-refractivity contribution in [2.45, 2.75) is 46.3 Å². The van der Waals surface area contributed by atoms with Crippen molar-refractivity contribution in [1.82, 2.24) is 5.32 Å². The van der Waals surface area contributed by atoms with Gasteiger partial charge in [-0.15, -0.1) is 0 Å². The number of hydrogen-bond donors (Lipinski definition) is 1. The number of amides is 1. The topological polar surface area (TPSA) is 47.6 Å². The number of carbonyl (C=O) groups excluding carboxylic acids is 1. The molecule has 0 aliphatic carbocycles. The lowest BCUT2D eigenvalue weighted by Gasteiger charge is -2.22. The summed E-state index contributed by atoms with van der Waals surface area (Å²) in [6.45, 7) is 8.21. The Morgan fingerprint density at radius 1 is 1.00 bits per heavy atom. The zero-order valence-electron chi connectivity index (χ0n) is 16.3. The summed E-state index contributed by atoms with van der Waals surface area (Å²) in [4.78, 5) is 12.9. The number of nitrogens with one attached hydrogen (secondary N) is 1. The summed E-state index contributed by atoms with van der Waals surface area (Å²) in [6.07, 6.45) is 0.864. The maximum Gasteiger partial charge on any atom is 0.255 e. The minimum absolute atomic E-state index is 0.0111. The lowest BCUT2D eigenvalue weighted by molar-refractivity contribution is 0.0926. The molecule has 2 aromatic carbocycles. The van der Waals surface area contributed by atoms with E-state index in [0.717, 1.165) is 17.7 Å². The quantitative estimate of drug-likeness (QED) is 0.725. The number of hydrogen-bond acceptors (Lipinski definition) is 3. The minimum atomic E-state index is -0.122. The van der Waals surface area contributed by atoms with Crippen LogP contribution in [0.25, 0.3) is 0 Å². The first-order chi connectivity index (χ1) is 12.4. The summed E-state index contributed by atoms with van der Waals surface area (Å²) in [6, 6.07) is 15.1. The molecule has 140 valence electrons. The number of methoxy groups -OCH3 is 1. The lowest BCUT2D eigenvalue weighted by atomic mass is 9.96. The van der Waals surface area contributed by atoms with E-state index in [9.17, 15) is 4.79 Å². The van der Waals surface area contributed by atoms with Crippen molar-refractivity contribution in [3.8, 4) is 11.5 Å². The van der Waals surface area contributed by atoms with Crippen LogP contribution in [0, 0.1) is 5.92 Å². The Morgan fingerprint density at radius 2 is 1.65 bits per heavy atom. The highest BCUT2D eigenvalue weighted by Crippen LogP contribution is 2.26. The van der Waals surface area contributed by atoms with Gasteiger partial charge in [0.25, 0.3) is 5.91 Å². The average Bonchev–Trinajstić information content (AvgIpc) is 2.60. The SMILES string of the molecule is COc1ccc(C(CC(C)C)NC(=O)c2ccccc2OC(C)C)cc1. The molecular formula is C22H29NO3. The number of benzene rings is 2. The van der Waals surface area contributed by atoms with Crippen molar-refractivity contribution in [1.29, 1.82) is 0 Å². The molecule has 0 saturated heterocycles. The van der Waals surface area contributed by atoms with Gasteiger partial charge >= 0.3 is 0 Å². The highest BCUT2D eigenvalue weighted by Gasteiger charge is 2.20. The van der Waals surface area contributed by atoms with Crippen molar-refractivity contribution in [2.24, 2.45) is 5.92 Å². The van der Waals surface area contributed by atoms with E-state index in [-0.39, 0.29) is 18.1 Å². The monoisotopic (exact) mass is 355 g/mol. The third kappa shape index (κ3) is 5.51. The van der Waals surface area contributed by atoms with Crippen LogP contribution in [0.2, 0.25) is 0 Å². The molecule has 2 rings (SSSR count). The molecule has 4 nitrogen and oxygen atoms in total. The summed E-state index contributed by atoms with van der Waals surface area (Å²) in [7, 11) is 1.65. The summed E-state index contributed by atoms with van der Waals surface area (Å²) >= 11 is 0. The van der Waals surface area contributed by atoms with Crippen LogP contribution >= 0.6 is 0 Å². The molecule has 0 fully saturated rings. The van der Waals surface area contributed by atoms with E-state index in [2.05, 4.69) is 19.2 Å². The van der Waals surface area contributed by atoms with Gasteiger partial charge in [0.15, 0.2) is 0 Å². The maximum absolute atomic E-state index is 12.9. The molecule has 1 atom stereocenters. The molecule has 0 aliphatic heterocycles. The van der Waals surface area contributed by atoms with Crippen LogP contribution < -0.4 is 14.8 Å². The van der Waals surface area contributed by atoms with E-state index in [1.807, 2.05) is 56.3 Å². The highest BCUT2D eigenvalue weighted by molar-refractivity contribution is 5.97. The van der Waals surface area contributed by atoms with Crippen LogP contribution in [-0.4, -0.2) is 19.1 Å². The first kappa shape index (κ1) is 19.8. The molecule has 4 heteroatoms. The van der Waals surface area contributed by atoms with E-state index in [1.54, 1.807) is 13.2 Å². The fraction of sp³-hybridized carbons (Fsp3) is 0.409. The fourth-order valence-corrected chi connectivity index (χ4v) is 2.83. The molecule has 26 heavy (non-hydrogen) atoms. The molecule has 2 aromatic rings. The Hall–Kier alpha value is -2.49. The zero-order valence-corrected chi connectivity index (χ0v) is 16.3. The van der Waals surface area contributed by atoms with Gasteiger partial charge in [0.2, 0.25) is 0 Å². The Bertz CT molecular complexity index is 708. The zero-order chi connectivity index (χ0) is 19.1. The van der Waals surface area contributed by atoms with Gasteiger partial charge in [-0.2, -0.15) is 0 Å². The van der Waals surface area contributed by atoms with Gasteiger partial charge in [-0.25, -0.2) is 0 Å². The van der Waals surface area contributed by atoms with Crippen molar-refractivity contribution in [3.63, 3.8) is 0 Å². The number of para-hydroxylation sites is 1. The average molecular weight is 355 g/mol. The summed E-state index contributed by atoms with van der Waals surface area (Å²) in [5, 5.41) is 3.17. The summed E-state index contributed by atoms with van der Waals surface area (Å²) in [5.41, 5.74) is 1.62. The smallest absolute Gasteiger partial charge is 0.255 e. The fourth-order valence-electron chi connectivity index (χ4n) is 2.83. The van der Waals surface area contributed by atoms with Crippen molar-refractivity contribution >= 4 is 5.91 Å². The maximum atomic E-state index is 12.9. The Balaban J connectivity index is 2.23. The third-order valence-electron chi connectivity index (χ3n) is 4.02. The van der Waals surface area contributed by atoms with Gasteiger partial charge < -0.3 is 14.8 Å². The second-order valence-electron chi connectivity index (χ2n) is 7.09. The van der Waals surface area contributed by atoms with E-state index >= 15 is 0 Å². The molecule has 1 amide bonds. The van der Waals surface area contributed by atoms with Gasteiger partial charge in [-0.05, 0) is 56.0 Å². The molecule has 0 heterocycles. The first-order valence-electron chi connectivity index (χ1n) is 9.11. The first-order valence-corrected chi connectivity index (χ1v) is 9.11. The van der Waals surface area contributed by atoms with Gasteiger partial charge in [0.1, 0.15) is 11.5 Å². The van der Waals surface area contributed by atoms with Gasteiger partial charge in [-0.3, -0.25) is 4.79 Å². The summed E-state index contributed by atoms with van der Waals surface area (Å²) < 4.78 is 11.0. The van der Waals surface area contributed by atoms with Crippen molar-refractivity contribution in [3.05, 3.63) is 59.7 Å². The molecule has 0 bridgehead atoms. The second-order valence-corrected chi connectivity index (χ2v) is 7.09. The Morgan fingerprint density at radius 3 is 2.23 bits per heavy atom. The summed E-state index contributed by atoms with van der Waals surface area (Å²) in [5.74, 6) is 1.74. The van der Waals surface area contributed by atoms with Crippen LogP contribution in [0.1, 0.15) is 56.1 Å². The largest absolute Gasteiger partial charge is 0.497 e. The van der Waals surface area contributed by atoms with Gasteiger partial charge in [-0.1, -0.05) is 38.1 Å². The van der Waals surface area contributed by atoms with Crippen molar-refractivity contribution in [2.75, 3.05) is 7.11 Å². The van der Waals surface area contributed by atoms with Crippen molar-refractivity contribution < 1.29 is 14.3 Å².